The smallest absolute Gasteiger partial charge is 0.121 e. The van der Waals surface area contributed by atoms with Crippen LogP contribution in [0.1, 0.15) is 12.5 Å². The zero-order chi connectivity index (χ0) is 13.7. The van der Waals surface area contributed by atoms with Gasteiger partial charge in [0.1, 0.15) is 5.75 Å². The van der Waals surface area contributed by atoms with Gasteiger partial charge in [-0.2, -0.15) is 0 Å². The van der Waals surface area contributed by atoms with E-state index in [0.29, 0.717) is 23.2 Å². The number of hydrogen-bond acceptors (Lipinski definition) is 2. The first-order chi connectivity index (χ1) is 9.20. The van der Waals surface area contributed by atoms with Gasteiger partial charge in [-0.1, -0.05) is 35.3 Å². The summed E-state index contributed by atoms with van der Waals surface area (Å²) >= 11 is 12.3. The number of rotatable bonds is 5. The van der Waals surface area contributed by atoms with E-state index in [1.807, 2.05) is 49.4 Å². The molecule has 2 rings (SSSR count). The molecule has 0 saturated heterocycles. The fourth-order valence-electron chi connectivity index (χ4n) is 1.75. The van der Waals surface area contributed by atoms with E-state index in [-0.39, 0.29) is 0 Å². The Labute approximate surface area is 123 Å². The van der Waals surface area contributed by atoms with Crippen LogP contribution in [0.3, 0.4) is 0 Å². The van der Waals surface area contributed by atoms with Crippen LogP contribution < -0.4 is 10.1 Å². The normalized spacial score (nSPS) is 10.3. The molecular formula is C15H15Cl2NO. The summed E-state index contributed by atoms with van der Waals surface area (Å²) in [7, 11) is 0. The lowest BCUT2D eigenvalue weighted by Gasteiger charge is -2.11. The first kappa shape index (κ1) is 14.0. The Bertz CT molecular complexity index is 537. The third-order valence-electron chi connectivity index (χ3n) is 2.68. The Morgan fingerprint density at radius 2 is 1.74 bits per heavy atom. The summed E-state index contributed by atoms with van der Waals surface area (Å²) in [5, 5.41) is 4.63. The quantitative estimate of drug-likeness (QED) is 0.838. The maximum atomic E-state index is 6.13. The Hall–Kier alpha value is -1.38. The van der Waals surface area contributed by atoms with Gasteiger partial charge in [-0.05, 0) is 31.2 Å². The molecule has 0 fully saturated rings. The second kappa shape index (κ2) is 6.69. The van der Waals surface area contributed by atoms with Crippen molar-refractivity contribution >= 4 is 28.9 Å². The van der Waals surface area contributed by atoms with Crippen LogP contribution in [0.4, 0.5) is 5.69 Å². The average molecular weight is 296 g/mol. The topological polar surface area (TPSA) is 21.3 Å². The standard InChI is InChI=1S/C15H15Cl2NO/c1-2-19-12-6-3-5-11(9-12)18-10-13-14(16)7-4-8-15(13)17/h3-9,18H,2,10H2,1H3. The molecule has 2 aromatic carbocycles. The van der Waals surface area contributed by atoms with E-state index in [2.05, 4.69) is 5.32 Å². The molecule has 0 aliphatic carbocycles. The molecular weight excluding hydrogens is 281 g/mol. The minimum atomic E-state index is 0.577. The van der Waals surface area contributed by atoms with Gasteiger partial charge in [0.25, 0.3) is 0 Å². The molecule has 19 heavy (non-hydrogen) atoms. The molecule has 0 aliphatic heterocycles. The van der Waals surface area contributed by atoms with Crippen molar-refractivity contribution < 1.29 is 4.74 Å². The Kier molecular flexibility index (Phi) is 4.94. The number of ether oxygens (including phenoxy) is 1. The maximum Gasteiger partial charge on any atom is 0.121 e. The van der Waals surface area contributed by atoms with Crippen molar-refractivity contribution in [2.45, 2.75) is 13.5 Å². The van der Waals surface area contributed by atoms with Crippen LogP contribution in [-0.2, 0) is 6.54 Å². The van der Waals surface area contributed by atoms with Gasteiger partial charge in [0, 0.05) is 33.9 Å². The number of benzene rings is 2. The maximum absolute atomic E-state index is 6.13. The summed E-state index contributed by atoms with van der Waals surface area (Å²) in [6.07, 6.45) is 0. The van der Waals surface area contributed by atoms with Gasteiger partial charge >= 0.3 is 0 Å². The summed E-state index contributed by atoms with van der Waals surface area (Å²) in [6.45, 7) is 3.19. The molecule has 4 heteroatoms. The van der Waals surface area contributed by atoms with Crippen molar-refractivity contribution in [1.82, 2.24) is 0 Å². The summed E-state index contributed by atoms with van der Waals surface area (Å²) in [5.74, 6) is 0.845. The van der Waals surface area contributed by atoms with Crippen LogP contribution in [0, 0.1) is 0 Å². The van der Waals surface area contributed by atoms with Crippen LogP contribution in [0.25, 0.3) is 0 Å². The second-order valence-electron chi connectivity index (χ2n) is 4.01. The van der Waals surface area contributed by atoms with Crippen molar-refractivity contribution in [1.29, 1.82) is 0 Å². The SMILES string of the molecule is CCOc1cccc(NCc2c(Cl)cccc2Cl)c1. The summed E-state index contributed by atoms with van der Waals surface area (Å²) in [5.41, 5.74) is 1.87. The lowest BCUT2D eigenvalue weighted by Crippen LogP contribution is -2.01. The average Bonchev–Trinajstić information content (AvgIpc) is 2.39. The van der Waals surface area contributed by atoms with E-state index in [0.717, 1.165) is 17.0 Å². The van der Waals surface area contributed by atoms with E-state index in [9.17, 15) is 0 Å². The van der Waals surface area contributed by atoms with E-state index in [1.54, 1.807) is 0 Å². The van der Waals surface area contributed by atoms with Gasteiger partial charge in [-0.3, -0.25) is 0 Å². The number of halogens is 2. The van der Waals surface area contributed by atoms with E-state index in [4.69, 9.17) is 27.9 Å². The number of hydrogen-bond donors (Lipinski definition) is 1. The molecule has 0 aromatic heterocycles. The monoisotopic (exact) mass is 295 g/mol. The predicted molar refractivity (Wildman–Crippen MR) is 81.4 cm³/mol. The second-order valence-corrected chi connectivity index (χ2v) is 4.83. The summed E-state index contributed by atoms with van der Waals surface area (Å²) in [4.78, 5) is 0. The molecule has 2 nitrogen and oxygen atoms in total. The number of anilines is 1. The van der Waals surface area contributed by atoms with Crippen molar-refractivity contribution in [2.75, 3.05) is 11.9 Å². The van der Waals surface area contributed by atoms with Crippen molar-refractivity contribution in [3.8, 4) is 5.75 Å². The molecule has 0 saturated carbocycles. The minimum absolute atomic E-state index is 0.577. The zero-order valence-electron chi connectivity index (χ0n) is 10.6. The Morgan fingerprint density at radius 3 is 2.42 bits per heavy atom. The van der Waals surface area contributed by atoms with Gasteiger partial charge in [-0.25, -0.2) is 0 Å². The van der Waals surface area contributed by atoms with Crippen molar-refractivity contribution in [3.63, 3.8) is 0 Å². The molecule has 0 amide bonds. The highest BCUT2D eigenvalue weighted by molar-refractivity contribution is 6.36. The lowest BCUT2D eigenvalue weighted by molar-refractivity contribution is 0.340. The van der Waals surface area contributed by atoms with E-state index >= 15 is 0 Å². The number of nitrogens with one attached hydrogen (secondary N) is 1. The molecule has 2 aromatic rings. The van der Waals surface area contributed by atoms with Crippen molar-refractivity contribution in [3.05, 3.63) is 58.1 Å². The molecule has 0 atom stereocenters. The molecule has 0 unspecified atom stereocenters. The highest BCUT2D eigenvalue weighted by Crippen LogP contribution is 2.26. The molecule has 1 N–H and O–H groups in total. The zero-order valence-corrected chi connectivity index (χ0v) is 12.1. The van der Waals surface area contributed by atoms with Gasteiger partial charge < -0.3 is 10.1 Å². The fourth-order valence-corrected chi connectivity index (χ4v) is 2.29. The molecule has 0 radical (unpaired) electrons. The van der Waals surface area contributed by atoms with Crippen LogP contribution in [0.2, 0.25) is 10.0 Å². The first-order valence-electron chi connectivity index (χ1n) is 6.10. The third-order valence-corrected chi connectivity index (χ3v) is 3.38. The van der Waals surface area contributed by atoms with E-state index in [1.165, 1.54) is 0 Å². The Balaban J connectivity index is 2.08. The molecule has 0 bridgehead atoms. The largest absolute Gasteiger partial charge is 0.494 e. The first-order valence-corrected chi connectivity index (χ1v) is 6.86. The van der Waals surface area contributed by atoms with Crippen LogP contribution in [0.15, 0.2) is 42.5 Å². The van der Waals surface area contributed by atoms with Crippen LogP contribution in [-0.4, -0.2) is 6.61 Å². The predicted octanol–water partition coefficient (Wildman–Crippen LogP) is 5.00. The van der Waals surface area contributed by atoms with Crippen LogP contribution >= 0.6 is 23.2 Å². The highest BCUT2D eigenvalue weighted by Gasteiger charge is 2.05. The van der Waals surface area contributed by atoms with Gasteiger partial charge in [0.15, 0.2) is 0 Å². The lowest BCUT2D eigenvalue weighted by atomic mass is 10.2. The van der Waals surface area contributed by atoms with Crippen LogP contribution in [0.5, 0.6) is 5.75 Å². The minimum Gasteiger partial charge on any atom is -0.494 e. The molecule has 0 spiro atoms. The molecule has 0 aliphatic rings. The fraction of sp³-hybridized carbons (Fsp3) is 0.200. The molecule has 100 valence electrons. The van der Waals surface area contributed by atoms with Gasteiger partial charge in [-0.15, -0.1) is 0 Å². The molecule has 0 heterocycles. The van der Waals surface area contributed by atoms with Gasteiger partial charge in [0.2, 0.25) is 0 Å². The highest BCUT2D eigenvalue weighted by atomic mass is 35.5. The Morgan fingerprint density at radius 1 is 1.05 bits per heavy atom. The summed E-state index contributed by atoms with van der Waals surface area (Å²) < 4.78 is 5.45. The van der Waals surface area contributed by atoms with E-state index < -0.39 is 0 Å². The third kappa shape index (κ3) is 3.79. The van der Waals surface area contributed by atoms with Crippen molar-refractivity contribution in [2.24, 2.45) is 0 Å². The summed E-state index contributed by atoms with van der Waals surface area (Å²) in [6, 6.07) is 13.3. The van der Waals surface area contributed by atoms with Gasteiger partial charge in [0.05, 0.1) is 6.61 Å².